The summed E-state index contributed by atoms with van der Waals surface area (Å²) < 4.78 is 10.2. The lowest BCUT2D eigenvalue weighted by molar-refractivity contribution is 0.0528. The summed E-state index contributed by atoms with van der Waals surface area (Å²) in [7, 11) is 0. The van der Waals surface area contributed by atoms with Crippen molar-refractivity contribution >= 4 is 23.1 Å². The maximum Gasteiger partial charge on any atom is 0.407 e. The molecule has 0 bridgehead atoms. The predicted octanol–water partition coefficient (Wildman–Crippen LogP) is 3.03. The number of hydrogen-bond donors (Lipinski definition) is 3. The summed E-state index contributed by atoms with van der Waals surface area (Å²) in [5, 5.41) is 13.6. The SMILES string of the molecule is CC(Cc1cccc2c(O)cc(CCNC(=O)OC(C)(C)C)nc12)OC(N)=O. The third kappa shape index (κ3) is 6.29. The van der Waals surface area contributed by atoms with Gasteiger partial charge >= 0.3 is 12.2 Å². The molecule has 4 N–H and O–H groups in total. The van der Waals surface area contributed by atoms with E-state index in [0.29, 0.717) is 36.0 Å². The number of ether oxygens (including phenoxy) is 2. The molecule has 0 aliphatic carbocycles. The van der Waals surface area contributed by atoms with Crippen LogP contribution in [0.4, 0.5) is 9.59 Å². The van der Waals surface area contributed by atoms with Crippen LogP contribution in [0, 0.1) is 0 Å². The van der Waals surface area contributed by atoms with Crippen molar-refractivity contribution in [1.29, 1.82) is 0 Å². The monoisotopic (exact) mass is 389 g/mol. The smallest absolute Gasteiger partial charge is 0.407 e. The van der Waals surface area contributed by atoms with Crippen LogP contribution in [-0.4, -0.2) is 40.5 Å². The van der Waals surface area contributed by atoms with Gasteiger partial charge in [0.15, 0.2) is 0 Å². The van der Waals surface area contributed by atoms with E-state index in [0.717, 1.165) is 5.56 Å². The minimum atomic E-state index is -0.836. The number of nitrogens with two attached hydrogens (primary N) is 1. The maximum atomic E-state index is 11.7. The lowest BCUT2D eigenvalue weighted by Crippen LogP contribution is -2.33. The van der Waals surface area contributed by atoms with Gasteiger partial charge in [0.25, 0.3) is 0 Å². The van der Waals surface area contributed by atoms with Crippen LogP contribution in [0.3, 0.4) is 0 Å². The minimum absolute atomic E-state index is 0.0996. The van der Waals surface area contributed by atoms with Crippen LogP contribution in [0.1, 0.15) is 39.0 Å². The van der Waals surface area contributed by atoms with Crippen LogP contribution in [0.2, 0.25) is 0 Å². The predicted molar refractivity (Wildman–Crippen MR) is 105 cm³/mol. The first kappa shape index (κ1) is 21.3. The van der Waals surface area contributed by atoms with Gasteiger partial charge in [-0.2, -0.15) is 0 Å². The number of aromatic hydroxyl groups is 1. The first-order valence-electron chi connectivity index (χ1n) is 9.08. The molecule has 1 aromatic carbocycles. The quantitative estimate of drug-likeness (QED) is 0.698. The molecular formula is C20H27N3O5. The molecular weight excluding hydrogens is 362 g/mol. The van der Waals surface area contributed by atoms with E-state index in [9.17, 15) is 14.7 Å². The molecule has 2 amide bonds. The van der Waals surface area contributed by atoms with E-state index in [1.807, 2.05) is 6.07 Å². The minimum Gasteiger partial charge on any atom is -0.507 e. The lowest BCUT2D eigenvalue weighted by atomic mass is 10.0. The van der Waals surface area contributed by atoms with Gasteiger partial charge in [0.05, 0.1) is 5.52 Å². The van der Waals surface area contributed by atoms with Crippen molar-refractivity contribution in [2.45, 2.75) is 52.2 Å². The number of nitrogens with one attached hydrogen (secondary N) is 1. The molecule has 28 heavy (non-hydrogen) atoms. The molecule has 152 valence electrons. The van der Waals surface area contributed by atoms with Crippen molar-refractivity contribution in [3.8, 4) is 5.75 Å². The molecule has 1 heterocycles. The Bertz CT molecular complexity index is 861. The topological polar surface area (TPSA) is 124 Å². The molecule has 1 atom stereocenters. The van der Waals surface area contributed by atoms with Crippen LogP contribution in [0.15, 0.2) is 24.3 Å². The van der Waals surface area contributed by atoms with Crippen LogP contribution in [-0.2, 0) is 22.3 Å². The summed E-state index contributed by atoms with van der Waals surface area (Å²) in [6.07, 6.45) is -0.936. The normalized spacial score (nSPS) is 12.4. The zero-order chi connectivity index (χ0) is 20.9. The fourth-order valence-corrected chi connectivity index (χ4v) is 2.79. The number of hydrogen-bond acceptors (Lipinski definition) is 6. The molecule has 1 unspecified atom stereocenters. The molecule has 0 saturated carbocycles. The van der Waals surface area contributed by atoms with E-state index in [1.54, 1.807) is 45.9 Å². The standard InChI is InChI=1S/C20H27N3O5/c1-12(27-18(21)25)10-13-6-5-7-15-16(24)11-14(23-17(13)15)8-9-22-19(26)28-20(2,3)4/h5-7,11-12H,8-10H2,1-4H3,(H2,21,25)(H,22,26)(H,23,24). The second-order valence-electron chi connectivity index (χ2n) is 7.58. The molecule has 0 aliphatic rings. The first-order valence-corrected chi connectivity index (χ1v) is 9.08. The third-order valence-electron chi connectivity index (χ3n) is 3.83. The zero-order valence-electron chi connectivity index (χ0n) is 16.6. The highest BCUT2D eigenvalue weighted by atomic mass is 16.6. The van der Waals surface area contributed by atoms with Crippen molar-refractivity contribution in [2.24, 2.45) is 5.73 Å². The van der Waals surface area contributed by atoms with E-state index in [2.05, 4.69) is 10.3 Å². The zero-order valence-corrected chi connectivity index (χ0v) is 16.6. The molecule has 0 aliphatic heterocycles. The highest BCUT2D eigenvalue weighted by Gasteiger charge is 2.16. The number of nitrogens with zero attached hydrogens (tertiary/aromatic N) is 1. The third-order valence-corrected chi connectivity index (χ3v) is 3.83. The fraction of sp³-hybridized carbons (Fsp3) is 0.450. The number of benzene rings is 1. The number of carbonyl (C=O) groups is 2. The second kappa shape index (κ2) is 8.77. The Morgan fingerprint density at radius 2 is 2.04 bits per heavy atom. The van der Waals surface area contributed by atoms with Crippen LogP contribution >= 0.6 is 0 Å². The number of amides is 2. The molecule has 2 aromatic rings. The molecule has 2 rings (SSSR count). The van der Waals surface area contributed by atoms with Crippen molar-refractivity contribution < 1.29 is 24.2 Å². The van der Waals surface area contributed by atoms with Crippen molar-refractivity contribution in [3.05, 3.63) is 35.5 Å². The Morgan fingerprint density at radius 3 is 2.68 bits per heavy atom. The van der Waals surface area contributed by atoms with Crippen molar-refractivity contribution in [3.63, 3.8) is 0 Å². The Kier molecular flexibility index (Phi) is 6.66. The van der Waals surface area contributed by atoms with Crippen LogP contribution in [0.5, 0.6) is 5.75 Å². The van der Waals surface area contributed by atoms with Gasteiger partial charge in [0.1, 0.15) is 17.5 Å². The van der Waals surface area contributed by atoms with E-state index >= 15 is 0 Å². The molecule has 0 radical (unpaired) electrons. The largest absolute Gasteiger partial charge is 0.507 e. The van der Waals surface area contributed by atoms with E-state index < -0.39 is 23.9 Å². The van der Waals surface area contributed by atoms with Crippen molar-refractivity contribution in [2.75, 3.05) is 6.54 Å². The van der Waals surface area contributed by atoms with Gasteiger partial charge in [-0.05, 0) is 39.3 Å². The Balaban J connectivity index is 2.14. The molecule has 0 saturated heterocycles. The maximum absolute atomic E-state index is 11.7. The fourth-order valence-electron chi connectivity index (χ4n) is 2.79. The van der Waals surface area contributed by atoms with Gasteiger partial charge in [0.2, 0.25) is 0 Å². The summed E-state index contributed by atoms with van der Waals surface area (Å²) >= 11 is 0. The van der Waals surface area contributed by atoms with Gasteiger partial charge in [-0.15, -0.1) is 0 Å². The number of fused-ring (bicyclic) bond motifs is 1. The average molecular weight is 389 g/mol. The van der Waals surface area contributed by atoms with Crippen molar-refractivity contribution in [1.82, 2.24) is 10.3 Å². The highest BCUT2D eigenvalue weighted by Crippen LogP contribution is 2.27. The van der Waals surface area contributed by atoms with Gasteiger partial charge in [-0.3, -0.25) is 4.98 Å². The molecule has 0 spiro atoms. The summed E-state index contributed by atoms with van der Waals surface area (Å²) in [6.45, 7) is 7.42. The number of alkyl carbamates (subject to hydrolysis) is 1. The summed E-state index contributed by atoms with van der Waals surface area (Å²) in [5.41, 5.74) is 6.56. The number of aromatic nitrogens is 1. The number of primary amides is 1. The summed E-state index contributed by atoms with van der Waals surface area (Å²) in [5.74, 6) is 0.0996. The number of para-hydroxylation sites is 1. The Hall–Kier alpha value is -3.03. The van der Waals surface area contributed by atoms with Gasteiger partial charge in [-0.1, -0.05) is 12.1 Å². The molecule has 8 heteroatoms. The molecule has 8 nitrogen and oxygen atoms in total. The van der Waals surface area contributed by atoms with E-state index in [-0.39, 0.29) is 5.75 Å². The number of pyridine rings is 1. The van der Waals surface area contributed by atoms with Gasteiger partial charge in [0, 0.05) is 36.5 Å². The van der Waals surface area contributed by atoms with Gasteiger partial charge in [-0.25, -0.2) is 9.59 Å². The van der Waals surface area contributed by atoms with Crippen LogP contribution in [0.25, 0.3) is 10.9 Å². The average Bonchev–Trinajstić information content (AvgIpc) is 2.53. The number of carbonyl (C=O) groups excluding carboxylic acids is 2. The number of rotatable bonds is 6. The summed E-state index contributed by atoms with van der Waals surface area (Å²) in [4.78, 5) is 27.3. The molecule has 0 fully saturated rings. The second-order valence-corrected chi connectivity index (χ2v) is 7.58. The van der Waals surface area contributed by atoms with Crippen LogP contribution < -0.4 is 11.1 Å². The summed E-state index contributed by atoms with van der Waals surface area (Å²) in [6, 6.07) is 7.01. The molecule has 1 aromatic heterocycles. The van der Waals surface area contributed by atoms with E-state index in [1.165, 1.54) is 0 Å². The van der Waals surface area contributed by atoms with Gasteiger partial charge < -0.3 is 25.6 Å². The van der Waals surface area contributed by atoms with E-state index in [4.69, 9.17) is 15.2 Å². The Labute approximate surface area is 164 Å². The lowest BCUT2D eigenvalue weighted by Gasteiger charge is -2.19. The Morgan fingerprint density at radius 1 is 1.32 bits per heavy atom. The highest BCUT2D eigenvalue weighted by molar-refractivity contribution is 5.87. The first-order chi connectivity index (χ1) is 13.0.